The first-order valence-corrected chi connectivity index (χ1v) is 4.76. The number of hydrogen-bond acceptors (Lipinski definition) is 2. The van der Waals surface area contributed by atoms with Crippen molar-refractivity contribution >= 4 is 11.9 Å². The lowest BCUT2D eigenvalue weighted by Crippen LogP contribution is -2.18. The third-order valence-electron chi connectivity index (χ3n) is 2.49. The summed E-state index contributed by atoms with van der Waals surface area (Å²) in [4.78, 5) is 21.5. The summed E-state index contributed by atoms with van der Waals surface area (Å²) in [6.07, 6.45) is 4.87. The van der Waals surface area contributed by atoms with Crippen molar-refractivity contribution in [3.8, 4) is 0 Å². The lowest BCUT2D eigenvalue weighted by Gasteiger charge is -2.15. The molecule has 14 heavy (non-hydrogen) atoms. The smallest absolute Gasteiger partial charge is 0.331 e. The zero-order valence-electron chi connectivity index (χ0n) is 7.90. The van der Waals surface area contributed by atoms with Crippen LogP contribution in [0.4, 0.5) is 0 Å². The van der Waals surface area contributed by atoms with Crippen LogP contribution in [-0.4, -0.2) is 22.2 Å². The summed E-state index contributed by atoms with van der Waals surface area (Å²) in [5, 5.41) is 17.6. The maximum atomic E-state index is 10.8. The maximum Gasteiger partial charge on any atom is 0.331 e. The first kappa shape index (κ1) is 10.8. The molecule has 0 aliphatic heterocycles. The van der Waals surface area contributed by atoms with Crippen molar-refractivity contribution in [1.29, 1.82) is 0 Å². The molecule has 0 amide bonds. The summed E-state index contributed by atoms with van der Waals surface area (Å²) < 4.78 is 0. The van der Waals surface area contributed by atoms with Gasteiger partial charge in [0, 0.05) is 5.57 Å². The predicted octanol–water partition coefficient (Wildman–Crippen LogP) is 1.66. The van der Waals surface area contributed by atoms with Gasteiger partial charge in [-0.1, -0.05) is 12.5 Å². The van der Waals surface area contributed by atoms with E-state index >= 15 is 0 Å². The Labute approximate surface area is 82.2 Å². The van der Waals surface area contributed by atoms with Crippen molar-refractivity contribution < 1.29 is 19.8 Å². The van der Waals surface area contributed by atoms with E-state index in [4.69, 9.17) is 10.2 Å². The Bertz CT molecular complexity index is 267. The van der Waals surface area contributed by atoms with E-state index in [0.717, 1.165) is 19.3 Å². The van der Waals surface area contributed by atoms with E-state index < -0.39 is 17.9 Å². The van der Waals surface area contributed by atoms with Gasteiger partial charge in [0.1, 0.15) is 0 Å². The second-order valence-electron chi connectivity index (χ2n) is 3.56. The van der Waals surface area contributed by atoms with Crippen LogP contribution >= 0.6 is 0 Å². The third-order valence-corrected chi connectivity index (χ3v) is 2.49. The average Bonchev–Trinajstić information content (AvgIpc) is 2.01. The summed E-state index contributed by atoms with van der Waals surface area (Å²) in [5.74, 6) is -2.41. The molecule has 0 bridgehead atoms. The molecule has 0 aromatic carbocycles. The van der Waals surface area contributed by atoms with Crippen LogP contribution in [0.15, 0.2) is 11.6 Å². The molecule has 0 radical (unpaired) electrons. The topological polar surface area (TPSA) is 74.6 Å². The van der Waals surface area contributed by atoms with Gasteiger partial charge in [-0.3, -0.25) is 4.79 Å². The molecule has 0 aromatic heterocycles. The van der Waals surface area contributed by atoms with Gasteiger partial charge >= 0.3 is 11.9 Å². The highest BCUT2D eigenvalue weighted by Gasteiger charge is 2.22. The number of hydrogen-bond donors (Lipinski definition) is 2. The van der Waals surface area contributed by atoms with Gasteiger partial charge in [-0.2, -0.15) is 0 Å². The molecule has 0 saturated heterocycles. The van der Waals surface area contributed by atoms with Gasteiger partial charge in [-0.05, 0) is 25.7 Å². The quantitative estimate of drug-likeness (QED) is 0.707. The van der Waals surface area contributed by atoms with Crippen LogP contribution < -0.4 is 0 Å². The summed E-state index contributed by atoms with van der Waals surface area (Å²) in [6, 6.07) is 0. The van der Waals surface area contributed by atoms with Gasteiger partial charge in [0.05, 0.1) is 5.92 Å². The van der Waals surface area contributed by atoms with Gasteiger partial charge in [-0.25, -0.2) is 4.79 Å². The Morgan fingerprint density at radius 1 is 1.29 bits per heavy atom. The van der Waals surface area contributed by atoms with Crippen LogP contribution in [-0.2, 0) is 9.59 Å². The number of carbonyl (C=O) groups is 2. The first-order chi connectivity index (χ1) is 6.61. The Morgan fingerprint density at radius 2 is 2.00 bits per heavy atom. The third kappa shape index (κ3) is 2.87. The van der Waals surface area contributed by atoms with E-state index in [1.165, 1.54) is 0 Å². The van der Waals surface area contributed by atoms with Crippen molar-refractivity contribution in [3.63, 3.8) is 0 Å². The highest BCUT2D eigenvalue weighted by Crippen LogP contribution is 2.23. The molecule has 0 aromatic rings. The number of carboxylic acid groups (broad SMARTS) is 2. The van der Waals surface area contributed by atoms with Gasteiger partial charge in [0.15, 0.2) is 0 Å². The van der Waals surface area contributed by atoms with Gasteiger partial charge < -0.3 is 10.2 Å². The minimum Gasteiger partial charge on any atom is -0.481 e. The van der Waals surface area contributed by atoms with E-state index in [-0.39, 0.29) is 12.0 Å². The fourth-order valence-corrected chi connectivity index (χ4v) is 1.65. The largest absolute Gasteiger partial charge is 0.481 e. The monoisotopic (exact) mass is 198 g/mol. The first-order valence-electron chi connectivity index (χ1n) is 4.76. The van der Waals surface area contributed by atoms with Crippen LogP contribution in [0.25, 0.3) is 0 Å². The molecule has 1 aliphatic rings. The molecule has 1 rings (SSSR count). The molecule has 78 valence electrons. The Kier molecular flexibility index (Phi) is 3.68. The second-order valence-corrected chi connectivity index (χ2v) is 3.56. The highest BCUT2D eigenvalue weighted by atomic mass is 16.4. The molecule has 2 N–H and O–H groups in total. The molecule has 0 saturated carbocycles. The maximum absolute atomic E-state index is 10.8. The van der Waals surface area contributed by atoms with Crippen molar-refractivity contribution in [2.75, 3.05) is 0 Å². The summed E-state index contributed by atoms with van der Waals surface area (Å²) >= 11 is 0. The second kappa shape index (κ2) is 4.79. The van der Waals surface area contributed by atoms with Crippen LogP contribution in [0.5, 0.6) is 0 Å². The van der Waals surface area contributed by atoms with Gasteiger partial charge in [0.25, 0.3) is 0 Å². The summed E-state index contributed by atoms with van der Waals surface area (Å²) in [6.45, 7) is 0. The molecule has 0 heterocycles. The van der Waals surface area contributed by atoms with E-state index in [1.54, 1.807) is 6.08 Å². The number of rotatable bonds is 2. The van der Waals surface area contributed by atoms with E-state index in [0.29, 0.717) is 6.42 Å². The lowest BCUT2D eigenvalue weighted by molar-refractivity contribution is -0.142. The molecule has 0 fully saturated rings. The Balaban J connectivity index is 2.74. The van der Waals surface area contributed by atoms with Crippen molar-refractivity contribution in [3.05, 3.63) is 11.6 Å². The highest BCUT2D eigenvalue weighted by molar-refractivity contribution is 5.87. The molecular formula is C10H14O4. The van der Waals surface area contributed by atoms with Gasteiger partial charge in [0.2, 0.25) is 0 Å². The Hall–Kier alpha value is -1.32. The van der Waals surface area contributed by atoms with Gasteiger partial charge in [-0.15, -0.1) is 0 Å². The minimum absolute atomic E-state index is 0.157. The summed E-state index contributed by atoms with van der Waals surface area (Å²) in [7, 11) is 0. The zero-order chi connectivity index (χ0) is 10.6. The molecular weight excluding hydrogens is 184 g/mol. The fraction of sp³-hybridized carbons (Fsp3) is 0.600. The molecule has 1 aliphatic carbocycles. The standard InChI is InChI=1S/C10H14O4/c11-9(12)7-4-2-1-3-5-8(6-7)10(13)14/h4,8H,1-3,5-6H2,(H,11,12)(H,13,14)/b7-4+. The molecule has 1 unspecified atom stereocenters. The van der Waals surface area contributed by atoms with Crippen LogP contribution in [0.3, 0.4) is 0 Å². The molecule has 4 nitrogen and oxygen atoms in total. The molecule has 4 heteroatoms. The van der Waals surface area contributed by atoms with Crippen LogP contribution in [0.1, 0.15) is 32.1 Å². The normalized spacial score (nSPS) is 26.9. The minimum atomic E-state index is -0.988. The van der Waals surface area contributed by atoms with Crippen LogP contribution in [0, 0.1) is 5.92 Å². The van der Waals surface area contributed by atoms with Crippen molar-refractivity contribution in [2.24, 2.45) is 5.92 Å². The lowest BCUT2D eigenvalue weighted by atomic mass is 9.90. The van der Waals surface area contributed by atoms with Crippen molar-refractivity contribution in [2.45, 2.75) is 32.1 Å². The summed E-state index contributed by atoms with van der Waals surface area (Å²) in [5.41, 5.74) is 0.247. The van der Waals surface area contributed by atoms with Crippen molar-refractivity contribution in [1.82, 2.24) is 0 Å². The van der Waals surface area contributed by atoms with E-state index in [2.05, 4.69) is 0 Å². The van der Waals surface area contributed by atoms with E-state index in [9.17, 15) is 9.59 Å². The molecule has 0 spiro atoms. The Morgan fingerprint density at radius 3 is 2.57 bits per heavy atom. The predicted molar refractivity (Wildman–Crippen MR) is 49.9 cm³/mol. The SMILES string of the molecule is O=C(O)/C1=C/CCCCC(C(=O)O)C1. The van der Waals surface area contributed by atoms with Crippen LogP contribution in [0.2, 0.25) is 0 Å². The average molecular weight is 198 g/mol. The molecule has 1 atom stereocenters. The van der Waals surface area contributed by atoms with E-state index in [1.807, 2.05) is 0 Å². The number of allylic oxidation sites excluding steroid dienone is 1. The number of carboxylic acids is 2. The number of aliphatic carboxylic acids is 2. The fourth-order valence-electron chi connectivity index (χ4n) is 1.65. The zero-order valence-corrected chi connectivity index (χ0v) is 7.90.